The van der Waals surface area contributed by atoms with Crippen molar-refractivity contribution in [2.75, 3.05) is 6.61 Å². The third kappa shape index (κ3) is 2.77. The summed E-state index contributed by atoms with van der Waals surface area (Å²) >= 11 is 1.53. The second-order valence-corrected chi connectivity index (χ2v) is 3.99. The van der Waals surface area contributed by atoms with Crippen LogP contribution in [0.3, 0.4) is 0 Å². The summed E-state index contributed by atoms with van der Waals surface area (Å²) in [6, 6.07) is 3.90. The average molecular weight is 237 g/mol. The van der Waals surface area contributed by atoms with Crippen molar-refractivity contribution in [2.45, 2.75) is 17.5 Å². The molecule has 0 radical (unpaired) electrons. The van der Waals surface area contributed by atoms with Crippen LogP contribution in [-0.2, 0) is 12.3 Å². The summed E-state index contributed by atoms with van der Waals surface area (Å²) in [5.41, 5.74) is 1.17. The monoisotopic (exact) mass is 237 g/mol. The lowest BCUT2D eigenvalue weighted by Gasteiger charge is -2.01. The first-order chi connectivity index (χ1) is 7.90. The standard InChI is InChI=1S/C9H11N5OS/c15-6-5-14-9(11-12-13-14)16-7-8-1-3-10-4-2-8/h1-4,15H,5-7H2. The molecule has 0 spiro atoms. The van der Waals surface area contributed by atoms with Crippen LogP contribution in [0.5, 0.6) is 0 Å². The smallest absolute Gasteiger partial charge is 0.209 e. The van der Waals surface area contributed by atoms with Crippen LogP contribution in [-0.4, -0.2) is 36.9 Å². The second-order valence-electron chi connectivity index (χ2n) is 3.05. The summed E-state index contributed by atoms with van der Waals surface area (Å²) in [4.78, 5) is 3.95. The summed E-state index contributed by atoms with van der Waals surface area (Å²) in [5, 5.41) is 20.8. The topological polar surface area (TPSA) is 76.7 Å². The molecule has 0 fully saturated rings. The van der Waals surface area contributed by atoms with Crippen molar-refractivity contribution in [3.05, 3.63) is 30.1 Å². The molecule has 1 N–H and O–H groups in total. The molecule has 2 rings (SSSR count). The van der Waals surface area contributed by atoms with Crippen LogP contribution in [0.1, 0.15) is 5.56 Å². The zero-order valence-electron chi connectivity index (χ0n) is 8.52. The van der Waals surface area contributed by atoms with Gasteiger partial charge in [0, 0.05) is 18.1 Å². The summed E-state index contributed by atoms with van der Waals surface area (Å²) < 4.78 is 1.59. The molecule has 16 heavy (non-hydrogen) atoms. The average Bonchev–Trinajstić information content (AvgIpc) is 2.76. The van der Waals surface area contributed by atoms with Crippen LogP contribution in [0.15, 0.2) is 29.7 Å². The van der Waals surface area contributed by atoms with Crippen LogP contribution in [0.4, 0.5) is 0 Å². The number of aliphatic hydroxyl groups is 1. The number of hydrogen-bond donors (Lipinski definition) is 1. The number of pyridine rings is 1. The predicted molar refractivity (Wildman–Crippen MR) is 58.7 cm³/mol. The van der Waals surface area contributed by atoms with Gasteiger partial charge in [0.25, 0.3) is 0 Å². The normalized spacial score (nSPS) is 10.6. The molecule has 2 aromatic rings. The molecule has 0 saturated carbocycles. The van der Waals surface area contributed by atoms with Crippen LogP contribution in [0.2, 0.25) is 0 Å². The molecule has 0 aliphatic heterocycles. The molecule has 0 amide bonds. The Morgan fingerprint density at radius 3 is 2.88 bits per heavy atom. The minimum absolute atomic E-state index is 0.0356. The highest BCUT2D eigenvalue weighted by atomic mass is 32.2. The van der Waals surface area contributed by atoms with E-state index >= 15 is 0 Å². The first-order valence-electron chi connectivity index (χ1n) is 4.79. The largest absolute Gasteiger partial charge is 0.394 e. The van der Waals surface area contributed by atoms with Gasteiger partial charge in [-0.05, 0) is 28.1 Å². The van der Waals surface area contributed by atoms with Gasteiger partial charge in [-0.1, -0.05) is 11.8 Å². The first kappa shape index (κ1) is 11.0. The number of aliphatic hydroxyl groups excluding tert-OH is 1. The number of nitrogens with zero attached hydrogens (tertiary/aromatic N) is 5. The van der Waals surface area contributed by atoms with E-state index in [1.54, 1.807) is 17.1 Å². The van der Waals surface area contributed by atoms with Gasteiger partial charge in [-0.3, -0.25) is 4.98 Å². The number of hydrogen-bond acceptors (Lipinski definition) is 6. The fraction of sp³-hybridized carbons (Fsp3) is 0.333. The quantitative estimate of drug-likeness (QED) is 0.756. The molecule has 0 unspecified atom stereocenters. The number of thioether (sulfide) groups is 1. The van der Waals surface area contributed by atoms with Crippen molar-refractivity contribution in [3.63, 3.8) is 0 Å². The van der Waals surface area contributed by atoms with E-state index in [-0.39, 0.29) is 6.61 Å². The fourth-order valence-electron chi connectivity index (χ4n) is 1.16. The van der Waals surface area contributed by atoms with E-state index < -0.39 is 0 Å². The lowest BCUT2D eigenvalue weighted by molar-refractivity contribution is 0.262. The van der Waals surface area contributed by atoms with Gasteiger partial charge in [0.2, 0.25) is 5.16 Å². The zero-order valence-corrected chi connectivity index (χ0v) is 9.34. The van der Waals surface area contributed by atoms with Gasteiger partial charge < -0.3 is 5.11 Å². The maximum atomic E-state index is 8.81. The third-order valence-corrected chi connectivity index (χ3v) is 2.96. The Morgan fingerprint density at radius 1 is 1.31 bits per heavy atom. The summed E-state index contributed by atoms with van der Waals surface area (Å²) in [6.45, 7) is 0.458. The van der Waals surface area contributed by atoms with Crippen molar-refractivity contribution in [3.8, 4) is 0 Å². The van der Waals surface area contributed by atoms with E-state index in [0.717, 1.165) is 5.75 Å². The molecule has 0 bridgehead atoms. The van der Waals surface area contributed by atoms with E-state index in [2.05, 4.69) is 20.5 Å². The molecule has 84 valence electrons. The van der Waals surface area contributed by atoms with Gasteiger partial charge in [0.05, 0.1) is 13.2 Å². The Bertz CT molecular complexity index is 432. The predicted octanol–water partition coefficient (Wildman–Crippen LogP) is 0.353. The van der Waals surface area contributed by atoms with Crippen molar-refractivity contribution in [1.29, 1.82) is 0 Å². The fourth-order valence-corrected chi connectivity index (χ4v) is 2.02. The van der Waals surface area contributed by atoms with Crippen molar-refractivity contribution in [2.24, 2.45) is 0 Å². The molecule has 0 atom stereocenters. The molecular weight excluding hydrogens is 226 g/mol. The van der Waals surface area contributed by atoms with Gasteiger partial charge in [-0.25, -0.2) is 4.68 Å². The van der Waals surface area contributed by atoms with Crippen molar-refractivity contribution in [1.82, 2.24) is 25.2 Å². The van der Waals surface area contributed by atoms with E-state index in [4.69, 9.17) is 5.11 Å². The molecule has 2 aromatic heterocycles. The maximum absolute atomic E-state index is 8.81. The minimum Gasteiger partial charge on any atom is -0.394 e. The van der Waals surface area contributed by atoms with E-state index in [0.29, 0.717) is 11.7 Å². The number of tetrazole rings is 1. The minimum atomic E-state index is 0.0356. The lowest BCUT2D eigenvalue weighted by Crippen LogP contribution is -2.05. The highest BCUT2D eigenvalue weighted by molar-refractivity contribution is 7.98. The Morgan fingerprint density at radius 2 is 2.12 bits per heavy atom. The third-order valence-electron chi connectivity index (χ3n) is 1.93. The van der Waals surface area contributed by atoms with Gasteiger partial charge in [-0.15, -0.1) is 5.10 Å². The van der Waals surface area contributed by atoms with E-state index in [9.17, 15) is 0 Å². The number of aromatic nitrogens is 5. The van der Waals surface area contributed by atoms with E-state index in [1.807, 2.05) is 12.1 Å². The molecule has 0 aliphatic rings. The van der Waals surface area contributed by atoms with E-state index in [1.165, 1.54) is 17.3 Å². The highest BCUT2D eigenvalue weighted by Gasteiger charge is 2.05. The molecule has 0 saturated heterocycles. The second kappa shape index (κ2) is 5.57. The Hall–Kier alpha value is -1.47. The number of rotatable bonds is 5. The highest BCUT2D eigenvalue weighted by Crippen LogP contribution is 2.18. The summed E-state index contributed by atoms with van der Waals surface area (Å²) in [6.07, 6.45) is 3.51. The Labute approximate surface area is 96.7 Å². The van der Waals surface area contributed by atoms with Gasteiger partial charge in [-0.2, -0.15) is 0 Å². The Kier molecular flexibility index (Phi) is 3.84. The Balaban J connectivity index is 1.97. The SMILES string of the molecule is OCCn1nnnc1SCc1ccncc1. The molecule has 6 nitrogen and oxygen atoms in total. The molecule has 2 heterocycles. The first-order valence-corrected chi connectivity index (χ1v) is 5.77. The van der Waals surface area contributed by atoms with Gasteiger partial charge in [0.15, 0.2) is 0 Å². The van der Waals surface area contributed by atoms with Crippen molar-refractivity contribution < 1.29 is 5.11 Å². The molecule has 0 aliphatic carbocycles. The van der Waals surface area contributed by atoms with Gasteiger partial charge >= 0.3 is 0 Å². The molecule has 0 aromatic carbocycles. The molecule has 7 heteroatoms. The maximum Gasteiger partial charge on any atom is 0.209 e. The van der Waals surface area contributed by atoms with Crippen LogP contribution in [0, 0.1) is 0 Å². The van der Waals surface area contributed by atoms with Crippen LogP contribution >= 0.6 is 11.8 Å². The molecular formula is C9H11N5OS. The summed E-state index contributed by atoms with van der Waals surface area (Å²) in [7, 11) is 0. The van der Waals surface area contributed by atoms with Crippen molar-refractivity contribution >= 4 is 11.8 Å². The van der Waals surface area contributed by atoms with Gasteiger partial charge in [0.1, 0.15) is 0 Å². The summed E-state index contributed by atoms with van der Waals surface area (Å²) in [5.74, 6) is 0.786. The zero-order chi connectivity index (χ0) is 11.2. The van der Waals surface area contributed by atoms with Crippen LogP contribution < -0.4 is 0 Å². The lowest BCUT2D eigenvalue weighted by atomic mass is 10.3. The van der Waals surface area contributed by atoms with Crippen LogP contribution in [0.25, 0.3) is 0 Å².